The summed E-state index contributed by atoms with van der Waals surface area (Å²) in [6.45, 7) is 1.53. The molecule has 0 fully saturated rings. The second-order valence-corrected chi connectivity index (χ2v) is 4.25. The van der Waals surface area contributed by atoms with E-state index in [1.807, 2.05) is 4.98 Å². The maximum atomic E-state index is 12.3. The van der Waals surface area contributed by atoms with Gasteiger partial charge in [0.15, 0.2) is 5.78 Å². The molecule has 0 unspecified atom stereocenters. The molecular weight excluding hydrogens is 276 g/mol. The normalized spacial score (nSPS) is 10.4. The highest BCUT2D eigenvalue weighted by Gasteiger charge is 2.14. The number of carbonyl (C=O) groups is 1. The van der Waals surface area contributed by atoms with Gasteiger partial charge in [-0.25, -0.2) is 4.79 Å². The number of nitrogens with one attached hydrogen (secondary N) is 1. The van der Waals surface area contributed by atoms with Crippen LogP contribution in [0.1, 0.15) is 23.7 Å². The summed E-state index contributed by atoms with van der Waals surface area (Å²) in [5.74, 6) is -0.974. The number of hydrogen-bond acceptors (Lipinski definition) is 5. The Bertz CT molecular complexity index is 786. The van der Waals surface area contributed by atoms with Gasteiger partial charge in [0.2, 0.25) is 0 Å². The topological polar surface area (TPSA) is 104 Å². The summed E-state index contributed by atoms with van der Waals surface area (Å²) < 4.78 is 5.74. The molecule has 2 rings (SSSR count). The Morgan fingerprint density at radius 3 is 2.43 bits per heavy atom. The van der Waals surface area contributed by atoms with E-state index < -0.39 is 28.5 Å². The molecule has 0 atom stereocenters. The molecule has 0 radical (unpaired) electrons. The lowest BCUT2D eigenvalue weighted by atomic mass is 10.1. The molecule has 21 heavy (non-hydrogen) atoms. The van der Waals surface area contributed by atoms with Crippen molar-refractivity contribution in [2.75, 3.05) is 7.11 Å². The molecule has 0 amide bonds. The zero-order chi connectivity index (χ0) is 15.6. The number of methoxy groups -OCH3 is 1. The molecular formula is C14H13N2O5-. The Morgan fingerprint density at radius 2 is 1.90 bits per heavy atom. The van der Waals surface area contributed by atoms with E-state index in [1.54, 1.807) is 12.1 Å². The van der Waals surface area contributed by atoms with Gasteiger partial charge in [0.05, 0.1) is 12.7 Å². The van der Waals surface area contributed by atoms with E-state index in [4.69, 9.17) is 4.74 Å². The van der Waals surface area contributed by atoms with Gasteiger partial charge in [-0.15, -0.1) is 0 Å². The number of ether oxygens (including phenoxy) is 1. The number of hydrogen-bond donors (Lipinski definition) is 1. The Hall–Kier alpha value is -2.83. The van der Waals surface area contributed by atoms with Crippen LogP contribution >= 0.6 is 0 Å². The summed E-state index contributed by atoms with van der Waals surface area (Å²) in [4.78, 5) is 37.2. The highest BCUT2D eigenvalue weighted by atomic mass is 16.5. The van der Waals surface area contributed by atoms with Crippen LogP contribution in [0.4, 0.5) is 0 Å². The van der Waals surface area contributed by atoms with Gasteiger partial charge in [-0.1, -0.05) is 6.92 Å². The molecule has 0 aliphatic heterocycles. The maximum absolute atomic E-state index is 12.3. The SMILES string of the molecule is CCC(=O)c1c([O-])n(-c2ccc(OC)cc2)c(=O)[nH]c1=O. The summed E-state index contributed by atoms with van der Waals surface area (Å²) in [7, 11) is 1.48. The number of aromatic nitrogens is 2. The van der Waals surface area contributed by atoms with E-state index in [0.29, 0.717) is 5.75 Å². The quantitative estimate of drug-likeness (QED) is 0.810. The molecule has 1 N–H and O–H groups in total. The van der Waals surface area contributed by atoms with Crippen LogP contribution in [-0.4, -0.2) is 22.4 Å². The first-order valence-electron chi connectivity index (χ1n) is 6.23. The van der Waals surface area contributed by atoms with Gasteiger partial charge in [-0.3, -0.25) is 19.1 Å². The average molecular weight is 289 g/mol. The summed E-state index contributed by atoms with van der Waals surface area (Å²) in [6, 6.07) is 6.10. The molecule has 0 aliphatic rings. The predicted octanol–water partition coefficient (Wildman–Crippen LogP) is 0.201. The monoisotopic (exact) mass is 289 g/mol. The third-order valence-electron chi connectivity index (χ3n) is 3.00. The van der Waals surface area contributed by atoms with Crippen LogP contribution in [0.2, 0.25) is 0 Å². The summed E-state index contributed by atoms with van der Waals surface area (Å²) >= 11 is 0. The standard InChI is InChI=1S/C14H14N2O5/c1-3-10(17)11-12(18)15-14(20)16(13(11)19)8-4-6-9(21-2)7-5-8/h4-7,19H,3H2,1-2H3,(H,15,18,20)/p-1. The number of aromatic amines is 1. The lowest BCUT2D eigenvalue weighted by Gasteiger charge is -2.18. The fraction of sp³-hybridized carbons (Fsp3) is 0.214. The van der Waals surface area contributed by atoms with Crippen molar-refractivity contribution in [3.63, 3.8) is 0 Å². The number of nitrogens with zero attached hydrogens (tertiary/aromatic N) is 1. The Morgan fingerprint density at radius 1 is 1.29 bits per heavy atom. The zero-order valence-electron chi connectivity index (χ0n) is 11.5. The minimum Gasteiger partial charge on any atom is -0.859 e. The first-order chi connectivity index (χ1) is 9.99. The van der Waals surface area contributed by atoms with Gasteiger partial charge >= 0.3 is 5.69 Å². The molecule has 7 heteroatoms. The third-order valence-corrected chi connectivity index (χ3v) is 3.00. The average Bonchev–Trinajstić information content (AvgIpc) is 2.47. The molecule has 1 aromatic heterocycles. The molecule has 2 aromatic rings. The summed E-state index contributed by atoms with van der Waals surface area (Å²) in [5, 5.41) is 12.3. The van der Waals surface area contributed by atoms with E-state index in [2.05, 4.69) is 0 Å². The lowest BCUT2D eigenvalue weighted by Crippen LogP contribution is -2.35. The molecule has 0 saturated carbocycles. The molecule has 0 aliphatic carbocycles. The molecule has 0 saturated heterocycles. The molecule has 110 valence electrons. The van der Waals surface area contributed by atoms with Crippen LogP contribution < -0.4 is 21.1 Å². The fourth-order valence-electron chi connectivity index (χ4n) is 1.91. The van der Waals surface area contributed by atoms with Gasteiger partial charge in [0.1, 0.15) is 5.75 Å². The number of rotatable bonds is 4. The van der Waals surface area contributed by atoms with Gasteiger partial charge < -0.3 is 9.84 Å². The maximum Gasteiger partial charge on any atom is 0.332 e. The van der Waals surface area contributed by atoms with E-state index in [9.17, 15) is 19.5 Å². The second-order valence-electron chi connectivity index (χ2n) is 4.25. The lowest BCUT2D eigenvalue weighted by molar-refractivity contribution is -0.278. The minimum absolute atomic E-state index is 0.000857. The van der Waals surface area contributed by atoms with Crippen LogP contribution in [0.5, 0.6) is 11.6 Å². The van der Waals surface area contributed by atoms with Gasteiger partial charge in [-0.2, -0.15) is 0 Å². The van der Waals surface area contributed by atoms with Crippen LogP contribution in [0.15, 0.2) is 33.9 Å². The van der Waals surface area contributed by atoms with Crippen molar-refractivity contribution in [3.8, 4) is 17.3 Å². The number of ketones is 1. The Balaban J connectivity index is 2.71. The van der Waals surface area contributed by atoms with Crippen LogP contribution in [0.25, 0.3) is 5.69 Å². The number of carbonyl (C=O) groups excluding carboxylic acids is 1. The van der Waals surface area contributed by atoms with Crippen molar-refractivity contribution in [2.24, 2.45) is 0 Å². The Kier molecular flexibility index (Phi) is 3.93. The molecule has 1 aromatic carbocycles. The molecule has 1 heterocycles. The summed E-state index contributed by atoms with van der Waals surface area (Å²) in [5.41, 5.74) is -2.13. The van der Waals surface area contributed by atoms with Gasteiger partial charge in [0.25, 0.3) is 5.56 Å². The highest BCUT2D eigenvalue weighted by molar-refractivity contribution is 5.97. The Labute approximate surface area is 119 Å². The van der Waals surface area contributed by atoms with Crippen molar-refractivity contribution in [1.82, 2.24) is 9.55 Å². The first-order valence-corrected chi connectivity index (χ1v) is 6.23. The van der Waals surface area contributed by atoms with Crippen molar-refractivity contribution < 1.29 is 14.6 Å². The van der Waals surface area contributed by atoms with Crippen molar-refractivity contribution >= 4 is 5.78 Å². The number of H-pyrrole nitrogens is 1. The van der Waals surface area contributed by atoms with Crippen molar-refractivity contribution in [3.05, 3.63) is 50.7 Å². The third kappa shape index (κ3) is 2.58. The van der Waals surface area contributed by atoms with Gasteiger partial charge in [0, 0.05) is 12.1 Å². The number of Topliss-reactive ketones (excluding diaryl/α,β-unsaturated/α-hetero) is 1. The molecule has 7 nitrogen and oxygen atoms in total. The zero-order valence-corrected chi connectivity index (χ0v) is 11.5. The fourth-order valence-corrected chi connectivity index (χ4v) is 1.91. The first kappa shape index (κ1) is 14.6. The van der Waals surface area contributed by atoms with Crippen LogP contribution in [0.3, 0.4) is 0 Å². The number of benzene rings is 1. The minimum atomic E-state index is -0.957. The molecule has 0 spiro atoms. The largest absolute Gasteiger partial charge is 0.859 e. The van der Waals surface area contributed by atoms with E-state index in [-0.39, 0.29) is 12.1 Å². The van der Waals surface area contributed by atoms with Crippen LogP contribution in [-0.2, 0) is 0 Å². The van der Waals surface area contributed by atoms with Crippen LogP contribution in [0, 0.1) is 0 Å². The van der Waals surface area contributed by atoms with E-state index in [1.165, 1.54) is 26.2 Å². The van der Waals surface area contributed by atoms with Crippen molar-refractivity contribution in [1.29, 1.82) is 0 Å². The van der Waals surface area contributed by atoms with E-state index in [0.717, 1.165) is 4.57 Å². The van der Waals surface area contributed by atoms with Crippen molar-refractivity contribution in [2.45, 2.75) is 13.3 Å². The molecule has 0 bridgehead atoms. The smallest absolute Gasteiger partial charge is 0.332 e. The van der Waals surface area contributed by atoms with E-state index >= 15 is 0 Å². The highest BCUT2D eigenvalue weighted by Crippen LogP contribution is 2.18. The van der Waals surface area contributed by atoms with Gasteiger partial charge in [-0.05, 0) is 30.1 Å². The second kappa shape index (κ2) is 5.66. The summed E-state index contributed by atoms with van der Waals surface area (Å²) in [6.07, 6.45) is -0.000857. The predicted molar refractivity (Wildman–Crippen MR) is 73.3 cm³/mol.